The lowest BCUT2D eigenvalue weighted by molar-refractivity contribution is 0.0237. The predicted molar refractivity (Wildman–Crippen MR) is 134 cm³/mol. The van der Waals surface area contributed by atoms with Crippen LogP contribution in [0, 0.1) is 6.92 Å². The van der Waals surface area contributed by atoms with Crippen molar-refractivity contribution in [2.45, 2.75) is 57.0 Å². The summed E-state index contributed by atoms with van der Waals surface area (Å²) in [6.45, 7) is 6.83. The van der Waals surface area contributed by atoms with Gasteiger partial charge in [-0.15, -0.1) is 0 Å². The van der Waals surface area contributed by atoms with Crippen molar-refractivity contribution in [2.75, 3.05) is 13.7 Å². The topological polar surface area (TPSA) is 99.2 Å². The lowest BCUT2D eigenvalue weighted by atomic mass is 9.82. The van der Waals surface area contributed by atoms with Crippen LogP contribution in [0.1, 0.15) is 54.6 Å². The molecule has 0 aromatic heterocycles. The summed E-state index contributed by atoms with van der Waals surface area (Å²) in [6.07, 6.45) is 0.175. The lowest BCUT2D eigenvalue weighted by Gasteiger charge is -2.32. The van der Waals surface area contributed by atoms with Gasteiger partial charge in [-0.2, -0.15) is 4.31 Å². The van der Waals surface area contributed by atoms with E-state index >= 15 is 0 Å². The van der Waals surface area contributed by atoms with E-state index in [1.807, 2.05) is 31.2 Å². The Balaban J connectivity index is 1.68. The monoisotopic (exact) mass is 513 g/mol. The molecule has 1 fully saturated rings. The maximum atomic E-state index is 13.4. The van der Waals surface area contributed by atoms with Gasteiger partial charge in [0.15, 0.2) is 0 Å². The van der Waals surface area contributed by atoms with Crippen molar-refractivity contribution in [2.24, 2.45) is 0 Å². The van der Waals surface area contributed by atoms with E-state index in [0.29, 0.717) is 16.9 Å². The number of benzene rings is 2. The minimum atomic E-state index is -4.04. The molecular weight excluding hydrogens is 482 g/mol. The van der Waals surface area contributed by atoms with Crippen LogP contribution in [0.25, 0.3) is 0 Å². The van der Waals surface area contributed by atoms with Crippen molar-refractivity contribution in [1.29, 1.82) is 0 Å². The Morgan fingerprint density at radius 2 is 1.75 bits per heavy atom. The van der Waals surface area contributed by atoms with Gasteiger partial charge < -0.3 is 14.2 Å². The second-order valence-corrected chi connectivity index (χ2v) is 12.1. The van der Waals surface area contributed by atoms with Crippen LogP contribution in [0.2, 0.25) is 0 Å². The van der Waals surface area contributed by atoms with Gasteiger partial charge in [-0.1, -0.05) is 35.9 Å². The number of sulfonamides is 1. The van der Waals surface area contributed by atoms with Crippen molar-refractivity contribution in [1.82, 2.24) is 4.31 Å². The maximum Gasteiger partial charge on any atom is 0.424 e. The first kappa shape index (κ1) is 25.8. The highest BCUT2D eigenvalue weighted by atomic mass is 32.2. The largest absolute Gasteiger partial charge is 0.497 e. The Morgan fingerprint density at radius 3 is 2.36 bits per heavy atom. The van der Waals surface area contributed by atoms with Gasteiger partial charge in [0.05, 0.1) is 19.2 Å². The average molecular weight is 514 g/mol. The Bertz CT molecular complexity index is 1290. The van der Waals surface area contributed by atoms with Crippen molar-refractivity contribution < 1.29 is 32.2 Å². The van der Waals surface area contributed by atoms with Gasteiger partial charge in [0, 0.05) is 12.3 Å². The third kappa shape index (κ3) is 5.26. The van der Waals surface area contributed by atoms with E-state index < -0.39 is 45.0 Å². The average Bonchev–Trinajstić information content (AvgIpc) is 3.07. The van der Waals surface area contributed by atoms with Crippen LogP contribution in [0.5, 0.6) is 5.75 Å². The number of carbonyl (C=O) groups is 2. The van der Waals surface area contributed by atoms with Gasteiger partial charge >= 0.3 is 12.1 Å². The van der Waals surface area contributed by atoms with Crippen LogP contribution in [-0.4, -0.2) is 55.4 Å². The Labute approximate surface area is 211 Å². The quantitative estimate of drug-likeness (QED) is 0.435. The third-order valence-corrected chi connectivity index (χ3v) is 8.36. The normalized spacial score (nSPS) is 22.9. The van der Waals surface area contributed by atoms with Crippen LogP contribution in [0.3, 0.4) is 0 Å². The van der Waals surface area contributed by atoms with E-state index in [0.717, 1.165) is 15.4 Å². The van der Waals surface area contributed by atoms with E-state index in [1.165, 1.54) is 0 Å². The smallest absolute Gasteiger partial charge is 0.424 e. The third-order valence-electron chi connectivity index (χ3n) is 6.26. The number of ether oxygens (including phenoxy) is 3. The number of amides is 1. The zero-order valence-corrected chi connectivity index (χ0v) is 21.9. The van der Waals surface area contributed by atoms with Gasteiger partial charge in [0.2, 0.25) is 10.0 Å². The molecule has 2 aliphatic rings. The molecule has 1 aliphatic carbocycles. The molecule has 0 radical (unpaired) electrons. The van der Waals surface area contributed by atoms with E-state index in [2.05, 4.69) is 0 Å². The number of fused-ring (bicyclic) bond motifs is 1. The van der Waals surface area contributed by atoms with Gasteiger partial charge in [-0.3, -0.25) is 0 Å². The lowest BCUT2D eigenvalue weighted by Crippen LogP contribution is -2.40. The molecule has 1 saturated heterocycles. The van der Waals surface area contributed by atoms with Crippen LogP contribution < -0.4 is 4.74 Å². The summed E-state index contributed by atoms with van der Waals surface area (Å²) in [6, 6.07) is 14.4. The molecule has 0 unspecified atom stereocenters. The van der Waals surface area contributed by atoms with E-state index in [4.69, 9.17) is 14.2 Å². The van der Waals surface area contributed by atoms with Crippen molar-refractivity contribution in [3.63, 3.8) is 0 Å². The van der Waals surface area contributed by atoms with Crippen LogP contribution in [0.15, 0.2) is 60.2 Å². The molecule has 36 heavy (non-hydrogen) atoms. The number of aryl methyl sites for hydroxylation is 1. The van der Waals surface area contributed by atoms with Gasteiger partial charge in [0.1, 0.15) is 22.7 Å². The number of methoxy groups -OCH3 is 1. The fourth-order valence-corrected chi connectivity index (χ4v) is 6.40. The Hall–Kier alpha value is -3.33. The van der Waals surface area contributed by atoms with Crippen molar-refractivity contribution in [3.05, 3.63) is 76.9 Å². The Morgan fingerprint density at radius 1 is 1.06 bits per heavy atom. The summed E-state index contributed by atoms with van der Waals surface area (Å²) < 4.78 is 44.0. The number of nitrogens with zero attached hydrogens (tertiary/aromatic N) is 1. The molecule has 8 nitrogen and oxygen atoms in total. The zero-order chi connectivity index (χ0) is 26.3. The number of esters is 1. The minimum Gasteiger partial charge on any atom is -0.497 e. The summed E-state index contributed by atoms with van der Waals surface area (Å²) in [5.41, 5.74) is 1.89. The number of carbonyl (C=O) groups excluding carboxylic acids is 2. The fourth-order valence-electron chi connectivity index (χ4n) is 4.55. The molecule has 9 heteroatoms. The van der Waals surface area contributed by atoms with Crippen molar-refractivity contribution >= 4 is 22.1 Å². The first-order chi connectivity index (χ1) is 16.9. The highest BCUT2D eigenvalue weighted by Crippen LogP contribution is 2.42. The molecule has 0 spiro atoms. The van der Waals surface area contributed by atoms with Crippen LogP contribution in [0.4, 0.5) is 4.79 Å². The highest BCUT2D eigenvalue weighted by Gasteiger charge is 2.51. The van der Waals surface area contributed by atoms with Crippen LogP contribution >= 0.6 is 0 Å². The predicted octanol–water partition coefficient (Wildman–Crippen LogP) is 4.59. The fraction of sp³-hybridized carbons (Fsp3) is 0.407. The highest BCUT2D eigenvalue weighted by molar-refractivity contribution is 7.90. The standard InChI is InChI=1S/C27H31NO7S/c1-17-7-6-8-19(13-17)25(29)34-23-15-24-20(14-22(23)18-9-11-21(33-5)12-10-18)16-28(36(24,31)32)26(30)35-27(2,3)4/h6-14,22-24H,15-16H2,1-5H3/t22-,23-,24+/m1/s1. The van der Waals surface area contributed by atoms with Gasteiger partial charge in [-0.25, -0.2) is 18.0 Å². The Kier molecular flexibility index (Phi) is 6.88. The molecule has 4 rings (SSSR count). The molecule has 0 saturated carbocycles. The maximum absolute atomic E-state index is 13.4. The number of hydrogen-bond donors (Lipinski definition) is 0. The molecule has 0 N–H and O–H groups in total. The van der Waals surface area contributed by atoms with Gasteiger partial charge in [-0.05, 0) is 63.1 Å². The van der Waals surface area contributed by atoms with E-state index in [9.17, 15) is 18.0 Å². The second kappa shape index (κ2) is 9.61. The van der Waals surface area contributed by atoms with Crippen molar-refractivity contribution in [3.8, 4) is 5.75 Å². The molecule has 0 bridgehead atoms. The summed E-state index contributed by atoms with van der Waals surface area (Å²) >= 11 is 0. The summed E-state index contributed by atoms with van der Waals surface area (Å²) in [5.74, 6) is -0.254. The van der Waals surface area contributed by atoms with E-state index in [-0.39, 0.29) is 13.0 Å². The summed E-state index contributed by atoms with van der Waals surface area (Å²) in [4.78, 5) is 25.7. The molecule has 1 amide bonds. The molecule has 1 heterocycles. The van der Waals surface area contributed by atoms with E-state index in [1.54, 1.807) is 58.2 Å². The first-order valence-electron chi connectivity index (χ1n) is 11.8. The minimum absolute atomic E-state index is 0.0295. The second-order valence-electron chi connectivity index (χ2n) is 10.1. The number of hydrogen-bond acceptors (Lipinski definition) is 7. The SMILES string of the molecule is COc1ccc([C@H]2C=C3CN(C(=O)OC(C)(C)C)S(=O)(=O)[C@H]3C[C@H]2OC(=O)c2cccc(C)c2)cc1. The molecular formula is C27H31NO7S. The first-order valence-corrected chi connectivity index (χ1v) is 13.3. The summed E-state index contributed by atoms with van der Waals surface area (Å²) in [7, 11) is -2.46. The molecule has 1 aliphatic heterocycles. The molecule has 2 aromatic rings. The van der Waals surface area contributed by atoms with Crippen LogP contribution in [-0.2, 0) is 19.5 Å². The molecule has 3 atom stereocenters. The van der Waals surface area contributed by atoms with Gasteiger partial charge in [0.25, 0.3) is 0 Å². The number of rotatable bonds is 4. The zero-order valence-electron chi connectivity index (χ0n) is 21.1. The summed E-state index contributed by atoms with van der Waals surface area (Å²) in [5, 5.41) is -0.977. The molecule has 192 valence electrons. The molecule has 2 aromatic carbocycles.